The van der Waals surface area contributed by atoms with Crippen molar-refractivity contribution in [1.82, 2.24) is 9.38 Å². The number of hydrogen-bond acceptors (Lipinski definition) is 3. The summed E-state index contributed by atoms with van der Waals surface area (Å²) in [6, 6.07) is 11.0. The summed E-state index contributed by atoms with van der Waals surface area (Å²) in [7, 11) is 0. The third kappa shape index (κ3) is 2.50. The molecule has 0 unspecified atom stereocenters. The lowest BCUT2D eigenvalue weighted by Gasteiger charge is -2.07. The van der Waals surface area contributed by atoms with Gasteiger partial charge in [-0.25, -0.2) is 14.2 Å². The Morgan fingerprint density at radius 2 is 2.00 bits per heavy atom. The number of benzene rings is 1. The fourth-order valence-electron chi connectivity index (χ4n) is 2.31. The summed E-state index contributed by atoms with van der Waals surface area (Å²) in [4.78, 5) is 15.4. The van der Waals surface area contributed by atoms with E-state index in [1.54, 1.807) is 16.5 Å². The smallest absolute Gasteiger partial charge is 0.356 e. The van der Waals surface area contributed by atoms with Gasteiger partial charge in [-0.1, -0.05) is 6.07 Å². The van der Waals surface area contributed by atoms with E-state index in [2.05, 4.69) is 4.98 Å². The van der Waals surface area contributed by atoms with Gasteiger partial charge in [0, 0.05) is 5.69 Å². The molecule has 1 N–H and O–H groups in total. The topological polar surface area (TPSA) is 63.8 Å². The van der Waals surface area contributed by atoms with Crippen LogP contribution in [-0.2, 0) is 6.61 Å². The zero-order chi connectivity index (χ0) is 15.7. The summed E-state index contributed by atoms with van der Waals surface area (Å²) < 4.78 is 20.2. The van der Waals surface area contributed by atoms with E-state index in [-0.39, 0.29) is 18.1 Å². The lowest BCUT2D eigenvalue weighted by atomic mass is 10.3. The first-order chi connectivity index (χ1) is 10.6. The Bertz CT molecular complexity index is 840. The van der Waals surface area contributed by atoms with Gasteiger partial charge in [0.2, 0.25) is 0 Å². The average Bonchev–Trinajstić information content (AvgIpc) is 2.87. The van der Waals surface area contributed by atoms with Crippen LogP contribution in [0.15, 0.2) is 42.5 Å². The fraction of sp³-hybridized carbons (Fsp3) is 0.125. The molecule has 3 rings (SSSR count). The number of carbonyl (C=O) groups is 1. The second kappa shape index (κ2) is 5.48. The molecule has 0 amide bonds. The minimum Gasteiger partial charge on any atom is -0.486 e. The number of ether oxygens (including phenoxy) is 1. The van der Waals surface area contributed by atoms with Crippen molar-refractivity contribution < 1.29 is 19.0 Å². The molecule has 0 atom stereocenters. The maximum Gasteiger partial charge on any atom is 0.356 e. The fourth-order valence-corrected chi connectivity index (χ4v) is 2.31. The Labute approximate surface area is 125 Å². The lowest BCUT2D eigenvalue weighted by Crippen LogP contribution is -2.03. The maximum absolute atomic E-state index is 12.9. The Balaban J connectivity index is 1.96. The molecule has 0 saturated heterocycles. The first-order valence-corrected chi connectivity index (χ1v) is 6.65. The van der Waals surface area contributed by atoms with E-state index in [9.17, 15) is 14.3 Å². The van der Waals surface area contributed by atoms with Crippen LogP contribution in [0, 0.1) is 12.7 Å². The number of nitrogens with zero attached hydrogens (tertiary/aromatic N) is 2. The molecular formula is C16H13FN2O3. The molecule has 0 aliphatic heterocycles. The van der Waals surface area contributed by atoms with Crippen LogP contribution < -0.4 is 4.74 Å². The molecule has 2 heterocycles. The number of aromatic carboxylic acids is 1. The molecule has 0 radical (unpaired) electrons. The highest BCUT2D eigenvalue weighted by atomic mass is 19.1. The van der Waals surface area contributed by atoms with Gasteiger partial charge in [0.1, 0.15) is 18.2 Å². The van der Waals surface area contributed by atoms with Gasteiger partial charge in [0.15, 0.2) is 11.5 Å². The SMILES string of the molecule is Cc1cccc2c(C(=O)O)nc(COc3ccc(F)cc3)n12. The van der Waals surface area contributed by atoms with Crippen LogP contribution in [0.25, 0.3) is 5.52 Å². The summed E-state index contributed by atoms with van der Waals surface area (Å²) in [5.41, 5.74) is 1.36. The van der Waals surface area contributed by atoms with Crippen LogP contribution in [0.4, 0.5) is 4.39 Å². The Kier molecular flexibility index (Phi) is 3.50. The summed E-state index contributed by atoms with van der Waals surface area (Å²) in [6.45, 7) is 1.95. The number of pyridine rings is 1. The zero-order valence-corrected chi connectivity index (χ0v) is 11.8. The molecule has 0 fully saturated rings. The number of halogens is 1. The molecule has 1 aromatic carbocycles. The van der Waals surface area contributed by atoms with Gasteiger partial charge in [-0.05, 0) is 43.3 Å². The van der Waals surface area contributed by atoms with E-state index in [0.29, 0.717) is 17.1 Å². The molecule has 6 heteroatoms. The highest BCUT2D eigenvalue weighted by molar-refractivity contribution is 5.93. The highest BCUT2D eigenvalue weighted by Gasteiger charge is 2.17. The minimum absolute atomic E-state index is 0.0126. The van der Waals surface area contributed by atoms with Gasteiger partial charge >= 0.3 is 5.97 Å². The number of aromatic nitrogens is 2. The van der Waals surface area contributed by atoms with Crippen molar-refractivity contribution >= 4 is 11.5 Å². The predicted molar refractivity (Wildman–Crippen MR) is 77.6 cm³/mol. The van der Waals surface area contributed by atoms with Gasteiger partial charge in [0.25, 0.3) is 0 Å². The number of hydrogen-bond donors (Lipinski definition) is 1. The van der Waals surface area contributed by atoms with Gasteiger partial charge < -0.3 is 9.84 Å². The largest absolute Gasteiger partial charge is 0.486 e. The van der Waals surface area contributed by atoms with Crippen LogP contribution in [0.5, 0.6) is 5.75 Å². The normalized spacial score (nSPS) is 10.8. The van der Waals surface area contributed by atoms with Crippen molar-refractivity contribution in [2.24, 2.45) is 0 Å². The van der Waals surface area contributed by atoms with Gasteiger partial charge in [-0.2, -0.15) is 0 Å². The number of aryl methyl sites for hydroxylation is 1. The summed E-state index contributed by atoms with van der Waals surface area (Å²) in [5.74, 6) is -0.461. The second-order valence-electron chi connectivity index (χ2n) is 4.81. The van der Waals surface area contributed by atoms with Crippen LogP contribution in [-0.4, -0.2) is 20.5 Å². The molecule has 112 valence electrons. The number of rotatable bonds is 4. The average molecular weight is 300 g/mol. The zero-order valence-electron chi connectivity index (χ0n) is 11.8. The minimum atomic E-state index is -1.09. The van der Waals surface area contributed by atoms with Crippen molar-refractivity contribution in [3.8, 4) is 5.75 Å². The molecule has 0 aliphatic rings. The quantitative estimate of drug-likeness (QED) is 0.804. The molecule has 0 spiro atoms. The van der Waals surface area contributed by atoms with Crippen LogP contribution >= 0.6 is 0 Å². The van der Waals surface area contributed by atoms with E-state index < -0.39 is 5.97 Å². The second-order valence-corrected chi connectivity index (χ2v) is 4.81. The Hall–Kier alpha value is -2.89. The van der Waals surface area contributed by atoms with E-state index >= 15 is 0 Å². The Morgan fingerprint density at radius 1 is 1.27 bits per heavy atom. The van der Waals surface area contributed by atoms with E-state index in [1.165, 1.54) is 24.3 Å². The van der Waals surface area contributed by atoms with Gasteiger partial charge in [0.05, 0.1) is 5.52 Å². The van der Waals surface area contributed by atoms with Gasteiger partial charge in [-0.3, -0.25) is 4.40 Å². The van der Waals surface area contributed by atoms with Crippen molar-refractivity contribution in [2.45, 2.75) is 13.5 Å². The molecule has 2 aromatic heterocycles. The Morgan fingerprint density at radius 3 is 2.68 bits per heavy atom. The van der Waals surface area contributed by atoms with Crippen molar-refractivity contribution in [2.75, 3.05) is 0 Å². The first-order valence-electron chi connectivity index (χ1n) is 6.65. The molecular weight excluding hydrogens is 287 g/mol. The number of carboxylic acids is 1. The van der Waals surface area contributed by atoms with Crippen molar-refractivity contribution in [1.29, 1.82) is 0 Å². The molecule has 5 nitrogen and oxygen atoms in total. The number of carboxylic acid groups (broad SMARTS) is 1. The molecule has 0 aliphatic carbocycles. The monoisotopic (exact) mass is 300 g/mol. The number of fused-ring (bicyclic) bond motifs is 1. The predicted octanol–water partition coefficient (Wildman–Crippen LogP) is 3.06. The highest BCUT2D eigenvalue weighted by Crippen LogP contribution is 2.18. The van der Waals surface area contributed by atoms with Crippen LogP contribution in [0.1, 0.15) is 22.0 Å². The molecule has 3 aromatic rings. The molecule has 22 heavy (non-hydrogen) atoms. The third-order valence-electron chi connectivity index (χ3n) is 3.31. The lowest BCUT2D eigenvalue weighted by molar-refractivity contribution is 0.0693. The summed E-state index contributed by atoms with van der Waals surface area (Å²) >= 11 is 0. The van der Waals surface area contributed by atoms with Crippen LogP contribution in [0.2, 0.25) is 0 Å². The number of imidazole rings is 1. The standard InChI is InChI=1S/C16H13FN2O3/c1-10-3-2-4-13-15(16(20)21)18-14(19(10)13)9-22-12-7-5-11(17)6-8-12/h2-8H,9H2,1H3,(H,20,21). The maximum atomic E-state index is 12.9. The van der Waals surface area contributed by atoms with Crippen molar-refractivity contribution in [3.63, 3.8) is 0 Å². The van der Waals surface area contributed by atoms with Crippen LogP contribution in [0.3, 0.4) is 0 Å². The summed E-state index contributed by atoms with van der Waals surface area (Å²) in [6.07, 6.45) is 0. The van der Waals surface area contributed by atoms with E-state index in [4.69, 9.17) is 4.74 Å². The van der Waals surface area contributed by atoms with Crippen molar-refractivity contribution in [3.05, 3.63) is 65.5 Å². The van der Waals surface area contributed by atoms with E-state index in [0.717, 1.165) is 5.69 Å². The third-order valence-corrected chi connectivity index (χ3v) is 3.31. The summed E-state index contributed by atoms with van der Waals surface area (Å²) in [5, 5.41) is 9.24. The van der Waals surface area contributed by atoms with E-state index in [1.807, 2.05) is 13.0 Å². The first kappa shape index (κ1) is 14.1. The van der Waals surface area contributed by atoms with Gasteiger partial charge in [-0.15, -0.1) is 0 Å². The molecule has 0 saturated carbocycles. The molecule has 0 bridgehead atoms.